The Balaban J connectivity index is 1.81. The van der Waals surface area contributed by atoms with Gasteiger partial charge in [0.1, 0.15) is 0 Å². The van der Waals surface area contributed by atoms with Crippen molar-refractivity contribution in [1.29, 1.82) is 0 Å². The Kier molecular flexibility index (Phi) is 9.23. The number of rotatable bonds is 11. The van der Waals surface area contributed by atoms with E-state index in [1.54, 1.807) is 25.1 Å². The lowest BCUT2D eigenvalue weighted by atomic mass is 9.67. The summed E-state index contributed by atoms with van der Waals surface area (Å²) in [4.78, 5) is 28.1. The number of halogens is 2. The fraction of sp³-hybridized carbons (Fsp3) is 0.517. The second-order valence-corrected chi connectivity index (χ2v) is 13.0. The molecule has 2 N–H and O–H groups in total. The standard InChI is InChI=1S/C29H35Cl2NO5S/c1-3-23(13-14-25(38(36)37)18-7-8-18)32-27(19-9-11-21(30)12-10-19)24(20-5-4-6-22(31)15-20)16-29(2,28(32)35)17-26(33)34/h4-6,9-12,15,18,23-25,27H,3,7-8,13-14,16-17H2,1-2H3,(H,33,34)(H,36,37). The summed E-state index contributed by atoms with van der Waals surface area (Å²) >= 11 is 10.7. The highest BCUT2D eigenvalue weighted by atomic mass is 35.5. The molecular formula is C29H35Cl2NO5S. The Bertz CT molecular complexity index is 1190. The van der Waals surface area contributed by atoms with Gasteiger partial charge in [-0.2, -0.15) is 0 Å². The molecule has 206 valence electrons. The number of hydrogen-bond acceptors (Lipinski definition) is 3. The smallest absolute Gasteiger partial charge is 0.304 e. The zero-order chi connectivity index (χ0) is 27.6. The molecule has 6 nitrogen and oxygen atoms in total. The van der Waals surface area contributed by atoms with E-state index in [9.17, 15) is 23.5 Å². The Morgan fingerprint density at radius 1 is 1.11 bits per heavy atom. The molecule has 0 radical (unpaired) electrons. The van der Waals surface area contributed by atoms with Crippen LogP contribution in [0.2, 0.25) is 10.0 Å². The molecular weight excluding hydrogens is 545 g/mol. The SMILES string of the molecule is CCC(CCC(C1CC1)S(=O)O)N1C(=O)C(C)(CC(=O)O)CC(c2cccc(Cl)c2)C1c1ccc(Cl)cc1. The largest absolute Gasteiger partial charge is 0.481 e. The molecule has 1 aliphatic heterocycles. The average Bonchev–Trinajstić information content (AvgIpc) is 3.69. The van der Waals surface area contributed by atoms with Gasteiger partial charge in [0, 0.05) is 22.0 Å². The molecule has 4 rings (SSSR count). The number of hydrogen-bond donors (Lipinski definition) is 2. The molecule has 38 heavy (non-hydrogen) atoms. The summed E-state index contributed by atoms with van der Waals surface area (Å²) in [6, 6.07) is 14.4. The highest BCUT2D eigenvalue weighted by Crippen LogP contribution is 2.52. The van der Waals surface area contributed by atoms with Crippen LogP contribution in [0.3, 0.4) is 0 Å². The third-order valence-electron chi connectivity index (χ3n) is 8.19. The molecule has 1 aliphatic carbocycles. The van der Waals surface area contributed by atoms with Crippen molar-refractivity contribution in [2.45, 2.75) is 82.0 Å². The molecule has 0 bridgehead atoms. The minimum absolute atomic E-state index is 0.196. The van der Waals surface area contributed by atoms with E-state index in [1.165, 1.54) is 0 Å². The number of carbonyl (C=O) groups excluding carboxylic acids is 1. The van der Waals surface area contributed by atoms with E-state index in [4.69, 9.17) is 23.2 Å². The van der Waals surface area contributed by atoms with Gasteiger partial charge in [0.2, 0.25) is 5.91 Å². The molecule has 2 aromatic carbocycles. The van der Waals surface area contributed by atoms with Gasteiger partial charge in [0.05, 0.1) is 23.1 Å². The number of likely N-dealkylation sites (tertiary alicyclic amines) is 1. The van der Waals surface area contributed by atoms with E-state index in [1.807, 2.05) is 42.2 Å². The first-order valence-corrected chi connectivity index (χ1v) is 15.1. The zero-order valence-corrected chi connectivity index (χ0v) is 24.0. The molecule has 2 aromatic rings. The van der Waals surface area contributed by atoms with Crippen molar-refractivity contribution < 1.29 is 23.5 Å². The molecule has 2 aliphatic rings. The Morgan fingerprint density at radius 2 is 1.79 bits per heavy atom. The fourth-order valence-corrected chi connectivity index (χ4v) is 7.41. The maximum atomic E-state index is 14.3. The van der Waals surface area contributed by atoms with Gasteiger partial charge < -0.3 is 14.6 Å². The molecule has 6 unspecified atom stereocenters. The summed E-state index contributed by atoms with van der Waals surface area (Å²) in [5, 5.41) is 10.6. The Hall–Kier alpha value is -1.93. The highest BCUT2D eigenvalue weighted by Gasteiger charge is 2.52. The van der Waals surface area contributed by atoms with Crippen LogP contribution >= 0.6 is 23.2 Å². The van der Waals surface area contributed by atoms with Crippen LogP contribution in [0.4, 0.5) is 0 Å². The highest BCUT2D eigenvalue weighted by molar-refractivity contribution is 7.79. The Labute approximate surface area is 237 Å². The van der Waals surface area contributed by atoms with Crippen LogP contribution in [0.25, 0.3) is 0 Å². The van der Waals surface area contributed by atoms with Gasteiger partial charge in [-0.1, -0.05) is 61.3 Å². The second-order valence-electron chi connectivity index (χ2n) is 11.0. The average molecular weight is 581 g/mol. The van der Waals surface area contributed by atoms with Crippen molar-refractivity contribution in [3.05, 3.63) is 69.7 Å². The minimum atomic E-state index is -1.92. The van der Waals surface area contributed by atoms with Gasteiger partial charge in [-0.25, -0.2) is 4.21 Å². The lowest BCUT2D eigenvalue weighted by molar-refractivity contribution is -0.160. The van der Waals surface area contributed by atoms with E-state index in [-0.39, 0.29) is 41.5 Å². The van der Waals surface area contributed by atoms with Crippen molar-refractivity contribution >= 4 is 46.2 Å². The lowest BCUT2D eigenvalue weighted by Crippen LogP contribution is -2.56. The van der Waals surface area contributed by atoms with Gasteiger partial charge in [0.15, 0.2) is 11.1 Å². The number of carboxylic acid groups (broad SMARTS) is 1. The van der Waals surface area contributed by atoms with Crippen LogP contribution in [-0.2, 0) is 20.7 Å². The van der Waals surface area contributed by atoms with Crippen LogP contribution in [0.1, 0.15) is 81.9 Å². The van der Waals surface area contributed by atoms with Gasteiger partial charge in [0.25, 0.3) is 0 Å². The third kappa shape index (κ3) is 6.44. The predicted octanol–water partition coefficient (Wildman–Crippen LogP) is 7.09. The molecule has 0 spiro atoms. The van der Waals surface area contributed by atoms with Gasteiger partial charge >= 0.3 is 5.97 Å². The van der Waals surface area contributed by atoms with E-state index in [0.29, 0.717) is 35.7 Å². The maximum absolute atomic E-state index is 14.3. The number of amides is 1. The first-order valence-electron chi connectivity index (χ1n) is 13.2. The van der Waals surface area contributed by atoms with Crippen LogP contribution < -0.4 is 0 Å². The number of aliphatic carboxylic acids is 1. The number of carboxylic acids is 1. The van der Waals surface area contributed by atoms with Crippen molar-refractivity contribution in [3.63, 3.8) is 0 Å². The number of nitrogens with zero attached hydrogens (tertiary/aromatic N) is 1. The molecule has 1 amide bonds. The van der Waals surface area contributed by atoms with Gasteiger partial charge in [-0.05, 0) is 79.8 Å². The molecule has 1 saturated heterocycles. The van der Waals surface area contributed by atoms with Crippen LogP contribution in [-0.4, -0.2) is 41.9 Å². The van der Waals surface area contributed by atoms with Crippen molar-refractivity contribution in [1.82, 2.24) is 4.90 Å². The number of carbonyl (C=O) groups is 2. The van der Waals surface area contributed by atoms with Crippen molar-refractivity contribution in [2.75, 3.05) is 0 Å². The summed E-state index contributed by atoms with van der Waals surface area (Å²) in [7, 11) is 0. The predicted molar refractivity (Wildman–Crippen MR) is 151 cm³/mol. The molecule has 1 heterocycles. The summed E-state index contributed by atoms with van der Waals surface area (Å²) in [5.74, 6) is -1.18. The minimum Gasteiger partial charge on any atom is -0.481 e. The van der Waals surface area contributed by atoms with E-state index in [2.05, 4.69) is 0 Å². The Morgan fingerprint density at radius 3 is 2.34 bits per heavy atom. The molecule has 1 saturated carbocycles. The zero-order valence-electron chi connectivity index (χ0n) is 21.7. The first-order chi connectivity index (χ1) is 18.0. The first kappa shape index (κ1) is 29.1. The summed E-state index contributed by atoms with van der Waals surface area (Å²) in [5.41, 5.74) is 0.729. The van der Waals surface area contributed by atoms with Crippen LogP contribution in [0, 0.1) is 11.3 Å². The van der Waals surface area contributed by atoms with Gasteiger partial charge in [-0.3, -0.25) is 9.59 Å². The lowest BCUT2D eigenvalue weighted by Gasteiger charge is -2.52. The molecule has 9 heteroatoms. The van der Waals surface area contributed by atoms with Crippen molar-refractivity contribution in [2.24, 2.45) is 11.3 Å². The quantitative estimate of drug-likeness (QED) is 0.277. The fourth-order valence-electron chi connectivity index (χ4n) is 6.15. The third-order valence-corrected chi connectivity index (χ3v) is 9.81. The molecule has 2 fully saturated rings. The maximum Gasteiger partial charge on any atom is 0.304 e. The number of benzene rings is 2. The van der Waals surface area contributed by atoms with Crippen LogP contribution in [0.15, 0.2) is 48.5 Å². The summed E-state index contributed by atoms with van der Waals surface area (Å²) in [6.45, 7) is 3.75. The summed E-state index contributed by atoms with van der Waals surface area (Å²) < 4.78 is 22.0. The molecule has 0 aromatic heterocycles. The monoisotopic (exact) mass is 579 g/mol. The molecule has 6 atom stereocenters. The van der Waals surface area contributed by atoms with E-state index >= 15 is 0 Å². The van der Waals surface area contributed by atoms with Crippen molar-refractivity contribution in [3.8, 4) is 0 Å². The summed E-state index contributed by atoms with van der Waals surface area (Å²) in [6.07, 6.45) is 3.70. The normalized spacial score (nSPS) is 26.1. The van der Waals surface area contributed by atoms with Gasteiger partial charge in [-0.15, -0.1) is 0 Å². The topological polar surface area (TPSA) is 94.9 Å². The van der Waals surface area contributed by atoms with E-state index in [0.717, 1.165) is 24.0 Å². The number of piperidine rings is 1. The second kappa shape index (κ2) is 12.1. The van der Waals surface area contributed by atoms with Crippen LogP contribution in [0.5, 0.6) is 0 Å². The van der Waals surface area contributed by atoms with E-state index < -0.39 is 22.5 Å².